The van der Waals surface area contributed by atoms with Crippen molar-refractivity contribution in [2.24, 2.45) is 11.3 Å². The van der Waals surface area contributed by atoms with Gasteiger partial charge in [-0.25, -0.2) is 4.79 Å². The van der Waals surface area contributed by atoms with Crippen LogP contribution in [-0.4, -0.2) is 137 Å². The highest BCUT2D eigenvalue weighted by Gasteiger charge is 2.82. The molecule has 15 heteroatoms. The molecule has 2 bridgehead atoms. The van der Waals surface area contributed by atoms with E-state index in [1.54, 1.807) is 7.11 Å². The van der Waals surface area contributed by atoms with Gasteiger partial charge in [0.25, 0.3) is 0 Å². The Morgan fingerprint density at radius 3 is 2.34 bits per heavy atom. The highest BCUT2D eigenvalue weighted by atomic mass is 127. The van der Waals surface area contributed by atoms with Gasteiger partial charge in [-0.3, -0.25) is 19.4 Å². The Bertz CT molecular complexity index is 2540. The first-order valence-corrected chi connectivity index (χ1v) is 28.2. The number of hydrogen-bond donors (Lipinski definition) is 2. The number of aromatic nitrogens is 1. The number of fused-ring (bicyclic) bond motifs is 6. The molecular weight excluding hydrogens is 980 g/mol. The highest BCUT2D eigenvalue weighted by Crippen LogP contribution is 2.69. The van der Waals surface area contributed by atoms with Crippen LogP contribution in [0, 0.1) is 14.9 Å². The number of halogens is 1. The molecule has 6 heterocycles. The van der Waals surface area contributed by atoms with Gasteiger partial charge in [0.2, 0.25) is 5.60 Å². The van der Waals surface area contributed by atoms with Crippen LogP contribution in [0.1, 0.15) is 96.0 Å². The number of rotatable bonds is 9. The van der Waals surface area contributed by atoms with Crippen LogP contribution in [0.5, 0.6) is 5.75 Å². The first-order chi connectivity index (χ1) is 31.6. The topological polar surface area (TPSA) is 143 Å². The van der Waals surface area contributed by atoms with Crippen LogP contribution in [0.15, 0.2) is 42.5 Å². The maximum atomic E-state index is 15.7. The summed E-state index contributed by atoms with van der Waals surface area (Å²) >= 11 is 2.36. The third kappa shape index (κ3) is 6.80. The number of methoxy groups -OCH3 is 3. The minimum absolute atomic E-state index is 0.0934. The van der Waals surface area contributed by atoms with Gasteiger partial charge in [-0.05, 0) is 127 Å². The molecule has 2 N–H and O–H groups in total. The van der Waals surface area contributed by atoms with E-state index in [-0.39, 0.29) is 17.0 Å². The third-order valence-electron chi connectivity index (χ3n) is 17.9. The number of aromatic amines is 1. The van der Waals surface area contributed by atoms with Crippen LogP contribution in [-0.2, 0) is 50.3 Å². The molecule has 10 atom stereocenters. The average Bonchev–Trinajstić information content (AvgIpc) is 3.94. The maximum absolute atomic E-state index is 15.7. The largest absolute Gasteiger partial charge is 0.496 e. The number of piperidine rings is 1. The molecule has 67 heavy (non-hydrogen) atoms. The van der Waals surface area contributed by atoms with Gasteiger partial charge < -0.3 is 38.4 Å². The minimum atomic E-state index is -2.92. The van der Waals surface area contributed by atoms with E-state index in [2.05, 4.69) is 126 Å². The van der Waals surface area contributed by atoms with Crippen LogP contribution in [0.4, 0.5) is 5.69 Å². The summed E-state index contributed by atoms with van der Waals surface area (Å²) in [4.78, 5) is 55.8. The van der Waals surface area contributed by atoms with Crippen LogP contribution in [0.3, 0.4) is 0 Å². The van der Waals surface area contributed by atoms with Gasteiger partial charge in [0, 0.05) is 94.5 Å². The number of likely N-dealkylation sites (N-methyl/N-ethyl adjacent to an activating group) is 1. The number of esters is 3. The van der Waals surface area contributed by atoms with Gasteiger partial charge in [0.05, 0.1) is 33.0 Å². The summed E-state index contributed by atoms with van der Waals surface area (Å²) in [6.45, 7) is 19.7. The van der Waals surface area contributed by atoms with Crippen molar-refractivity contribution >= 4 is 65.4 Å². The summed E-state index contributed by atoms with van der Waals surface area (Å²) in [5.41, 5.74) is -0.599. The number of H-pyrrole nitrogens is 1. The van der Waals surface area contributed by atoms with Gasteiger partial charge in [0.15, 0.2) is 14.4 Å². The zero-order chi connectivity index (χ0) is 48.4. The average molecular weight is 1050 g/mol. The van der Waals surface area contributed by atoms with Gasteiger partial charge in [-0.1, -0.05) is 46.8 Å². The first kappa shape index (κ1) is 48.5. The molecule has 3 fully saturated rings. The molecule has 5 aliphatic heterocycles. The summed E-state index contributed by atoms with van der Waals surface area (Å²) in [5, 5.41) is 12.9. The Morgan fingerprint density at radius 1 is 0.970 bits per heavy atom. The van der Waals surface area contributed by atoms with E-state index in [1.807, 2.05) is 14.0 Å². The van der Waals surface area contributed by atoms with E-state index >= 15 is 9.59 Å². The number of aliphatic hydroxyl groups is 1. The highest BCUT2D eigenvalue weighted by molar-refractivity contribution is 14.1. The lowest BCUT2D eigenvalue weighted by Crippen LogP contribution is -2.83. The van der Waals surface area contributed by atoms with Gasteiger partial charge in [-0.15, -0.1) is 0 Å². The second-order valence-electron chi connectivity index (χ2n) is 22.2. The predicted octanol–water partition coefficient (Wildman–Crippen LogP) is 7.63. The number of benzene rings is 2. The quantitative estimate of drug-likeness (QED) is 0.0716. The Morgan fingerprint density at radius 2 is 1.70 bits per heavy atom. The number of carbonyl (C=O) groups is 3. The molecule has 0 amide bonds. The van der Waals surface area contributed by atoms with Gasteiger partial charge in [-0.2, -0.15) is 0 Å². The van der Waals surface area contributed by atoms with Crippen LogP contribution in [0.25, 0.3) is 10.9 Å². The molecule has 0 radical (unpaired) electrons. The molecule has 2 saturated heterocycles. The second kappa shape index (κ2) is 16.6. The lowest BCUT2D eigenvalue weighted by Gasteiger charge is -2.66. The second-order valence-corrected chi connectivity index (χ2v) is 28.1. The lowest BCUT2D eigenvalue weighted by molar-refractivity contribution is -0.224. The standard InChI is InChI=1S/C52H71IN4O9Si/c1-13-48(61)27-32-28-51(45(59)63-9,41-34(18-22-56(29-32)30-48)35-24-33(53)16-17-38(35)54-41)37-25-36-39(26-40(37)62-8)55(7)43-50(36)20-23-57-21-15-19-49(14-2,42(50)57)44(65-31(3)58)52(43,46(60)64-10)66-67(11,12)47(4,5)6/h15-17,19,24-26,32,42-44,54,61H,13-14,18,20-23,27-30H2,1-12H3/t32-,42+,43-,44-,48+,49-,50-,51+,52+/m1/s1. The fraction of sp³-hybridized carbons (Fsp3) is 0.635. The van der Waals surface area contributed by atoms with E-state index in [4.69, 9.17) is 23.4 Å². The number of ether oxygens (including phenoxy) is 4. The number of nitrogens with one attached hydrogen (secondary N) is 1. The Balaban J connectivity index is 1.40. The van der Waals surface area contributed by atoms with Crippen molar-refractivity contribution in [3.05, 3.63) is 68.4 Å². The van der Waals surface area contributed by atoms with E-state index in [0.717, 1.165) is 50.1 Å². The summed E-state index contributed by atoms with van der Waals surface area (Å²) in [5.74, 6) is -1.07. The smallest absolute Gasteiger partial charge is 0.343 e. The molecule has 1 aliphatic carbocycles. The predicted molar refractivity (Wildman–Crippen MR) is 269 cm³/mol. The molecular formula is C52H71IN4O9Si. The molecule has 1 saturated carbocycles. The van der Waals surface area contributed by atoms with Crippen molar-refractivity contribution < 1.29 is 42.9 Å². The van der Waals surface area contributed by atoms with E-state index < -0.39 is 65.8 Å². The molecule has 3 aromatic rings. The number of anilines is 1. The van der Waals surface area contributed by atoms with E-state index in [1.165, 1.54) is 21.1 Å². The number of nitrogens with zero attached hydrogens (tertiary/aromatic N) is 3. The Hall–Kier alpha value is -3.48. The normalized spacial score (nSPS) is 34.5. The zero-order valence-corrected chi connectivity index (χ0v) is 44.7. The Labute approximate surface area is 410 Å². The third-order valence-corrected chi connectivity index (χ3v) is 23.0. The van der Waals surface area contributed by atoms with Crippen LogP contribution in [0.2, 0.25) is 18.1 Å². The molecule has 364 valence electrons. The molecule has 1 spiro atoms. The lowest BCUT2D eigenvalue weighted by atomic mass is 9.47. The fourth-order valence-electron chi connectivity index (χ4n) is 14.2. The van der Waals surface area contributed by atoms with Crippen LogP contribution < -0.4 is 9.64 Å². The maximum Gasteiger partial charge on any atom is 0.343 e. The number of carbonyl (C=O) groups excluding carboxylic acids is 3. The summed E-state index contributed by atoms with van der Waals surface area (Å²) in [6, 6.07) is 9.68. The molecule has 1 unspecified atom stereocenters. The van der Waals surface area contributed by atoms with Crippen molar-refractivity contribution in [2.45, 2.75) is 138 Å². The van der Waals surface area contributed by atoms with Crippen molar-refractivity contribution in [2.75, 3.05) is 66.0 Å². The molecule has 6 aliphatic rings. The monoisotopic (exact) mass is 1050 g/mol. The molecule has 2 aromatic carbocycles. The van der Waals surface area contributed by atoms with Crippen molar-refractivity contribution in [1.82, 2.24) is 14.8 Å². The SMILES string of the molecule is CC[C@]1(O)C[C@H]2CN(CCc3c([nH]c4ccc(I)cc34)[C@@](C(=O)OC)(c3cc4c(cc3OC)N(C)[C@H]3[C@@](O[Si](C)(C)C(C)(C)C)(C(=O)OC)[C@H](OC(C)=O)[C@]5(CC)C=CCN6CC[C@]43[C@@H]65)C2)C1. The van der Waals surface area contributed by atoms with E-state index in [0.29, 0.717) is 69.5 Å². The minimum Gasteiger partial charge on any atom is -0.496 e. The first-order valence-electron chi connectivity index (χ1n) is 24.2. The van der Waals surface area contributed by atoms with Gasteiger partial charge >= 0.3 is 17.9 Å². The molecule has 9 rings (SSSR count). The fourth-order valence-corrected chi connectivity index (χ4v) is 16.2. The van der Waals surface area contributed by atoms with E-state index in [9.17, 15) is 9.90 Å². The van der Waals surface area contributed by atoms with Crippen molar-refractivity contribution in [3.8, 4) is 5.75 Å². The van der Waals surface area contributed by atoms with Gasteiger partial charge in [0.1, 0.15) is 11.2 Å². The molecule has 1 aromatic heterocycles. The summed E-state index contributed by atoms with van der Waals surface area (Å²) < 4.78 is 34.1. The summed E-state index contributed by atoms with van der Waals surface area (Å²) in [7, 11) is 3.62. The van der Waals surface area contributed by atoms with Crippen molar-refractivity contribution in [1.29, 1.82) is 0 Å². The zero-order valence-electron chi connectivity index (χ0n) is 41.6. The van der Waals surface area contributed by atoms with Crippen LogP contribution >= 0.6 is 22.6 Å². The Kier molecular flexibility index (Phi) is 12.0. The van der Waals surface area contributed by atoms with Crippen molar-refractivity contribution in [3.63, 3.8) is 0 Å². The molecule has 13 nitrogen and oxygen atoms in total. The number of hydrogen-bond acceptors (Lipinski definition) is 12. The summed E-state index contributed by atoms with van der Waals surface area (Å²) in [6.07, 6.45) is 6.63.